The number of hydrogen-bond donors (Lipinski definition) is 0. The summed E-state index contributed by atoms with van der Waals surface area (Å²) in [6.45, 7) is -0.244. The first kappa shape index (κ1) is 25.3. The van der Waals surface area contributed by atoms with Crippen LogP contribution in [0.5, 0.6) is 17.2 Å². The lowest BCUT2D eigenvalue weighted by Crippen LogP contribution is -2.53. The smallest absolute Gasteiger partial charge is 0.434 e. The molecule has 0 N–H and O–H groups in total. The van der Waals surface area contributed by atoms with Crippen molar-refractivity contribution in [1.29, 1.82) is 0 Å². The van der Waals surface area contributed by atoms with E-state index in [1.165, 1.54) is 27.4 Å². The minimum Gasteiger partial charge on any atom is -0.551 e. The summed E-state index contributed by atoms with van der Waals surface area (Å²) in [5.41, 5.74) is 12.4. The van der Waals surface area contributed by atoms with E-state index in [1.54, 1.807) is 0 Å². The normalized spacial score (nSPS) is 12.7. The third-order valence-electron chi connectivity index (χ3n) is 9.47. The summed E-state index contributed by atoms with van der Waals surface area (Å²) in [6, 6.07) is 55.9. The molecule has 8 aromatic rings. The number of benzene rings is 7. The third-order valence-corrected chi connectivity index (χ3v) is 9.47. The molecule has 3 nitrogen and oxygen atoms in total. The monoisotopic (exact) mass is 587 g/mol. The van der Waals surface area contributed by atoms with Crippen LogP contribution in [0.4, 0.5) is 0 Å². The lowest BCUT2D eigenvalue weighted by Gasteiger charge is -2.33. The van der Waals surface area contributed by atoms with Crippen molar-refractivity contribution in [3.8, 4) is 56.3 Å². The molecule has 3 heterocycles. The highest BCUT2D eigenvalue weighted by Gasteiger charge is 2.41. The van der Waals surface area contributed by atoms with Gasteiger partial charge in [0, 0.05) is 32.9 Å². The Morgan fingerprint density at radius 2 is 1.11 bits per heavy atom. The fourth-order valence-corrected chi connectivity index (χ4v) is 7.36. The highest BCUT2D eigenvalue weighted by molar-refractivity contribution is 6.84. The van der Waals surface area contributed by atoms with Crippen LogP contribution in [-0.2, 0) is 0 Å². The predicted molar refractivity (Wildman–Crippen MR) is 189 cm³/mol. The molecular weight excluding hydrogens is 561 g/mol. The zero-order chi connectivity index (χ0) is 30.2. The molecule has 2 aliphatic rings. The van der Waals surface area contributed by atoms with Gasteiger partial charge in [0.25, 0.3) is 0 Å². The molecule has 4 heteroatoms. The zero-order valence-corrected chi connectivity index (χ0v) is 24.9. The van der Waals surface area contributed by atoms with Gasteiger partial charge in [0.1, 0.15) is 17.2 Å². The fourth-order valence-electron chi connectivity index (χ4n) is 7.36. The van der Waals surface area contributed by atoms with Crippen LogP contribution in [-0.4, -0.2) is 11.5 Å². The van der Waals surface area contributed by atoms with Crippen LogP contribution in [0.15, 0.2) is 158 Å². The quantitative estimate of drug-likeness (QED) is 0.192. The number of nitrogens with zero attached hydrogens (tertiary/aromatic N) is 1. The van der Waals surface area contributed by atoms with Crippen molar-refractivity contribution in [3.05, 3.63) is 158 Å². The van der Waals surface area contributed by atoms with Gasteiger partial charge in [-0.15, -0.1) is 0 Å². The van der Waals surface area contributed by atoms with Crippen LogP contribution in [0.25, 0.3) is 60.9 Å². The average Bonchev–Trinajstić information content (AvgIpc) is 3.46. The van der Waals surface area contributed by atoms with Gasteiger partial charge in [0.2, 0.25) is 0 Å². The minimum absolute atomic E-state index is 0.244. The van der Waals surface area contributed by atoms with Crippen molar-refractivity contribution >= 4 is 39.6 Å². The first-order valence-electron chi connectivity index (χ1n) is 15.7. The van der Waals surface area contributed by atoms with Crippen molar-refractivity contribution in [2.75, 3.05) is 0 Å². The number of rotatable bonds is 3. The number of hydrogen-bond acceptors (Lipinski definition) is 2. The largest absolute Gasteiger partial charge is 0.551 e. The standard InChI is InChI=1S/C42H26BNO2/c1-2-11-27(12-3-1)29-21-22-34-35-24-30(26-41-42(35)43(46-40(34)25-29)36-17-6-9-20-39(36)45-41)28-13-10-14-31(23-28)44-37-18-7-4-15-32(37)33-16-5-8-19-38(33)44/h1-26H. The topological polar surface area (TPSA) is 23.4 Å². The van der Waals surface area contributed by atoms with E-state index in [-0.39, 0.29) is 6.92 Å². The maximum absolute atomic E-state index is 6.84. The van der Waals surface area contributed by atoms with Crippen molar-refractivity contribution in [3.63, 3.8) is 0 Å². The fraction of sp³-hybridized carbons (Fsp3) is 0. The highest BCUT2D eigenvalue weighted by atomic mass is 16.5. The number of fused-ring (bicyclic) bond motifs is 7. The molecule has 0 fully saturated rings. The first-order valence-corrected chi connectivity index (χ1v) is 15.7. The lowest BCUT2D eigenvalue weighted by molar-refractivity contribution is 0.479. The van der Waals surface area contributed by atoms with Crippen molar-refractivity contribution < 1.29 is 9.39 Å². The van der Waals surface area contributed by atoms with Gasteiger partial charge in [-0.05, 0) is 76.3 Å². The SMILES string of the molecule is c1ccc(-c2ccc3c(c2)OB2c4ccccc4Oc4cc(-c5cccc(-n6c7ccccc7c7ccccc76)c5)cc-3c42)cc1. The van der Waals surface area contributed by atoms with Gasteiger partial charge >= 0.3 is 6.92 Å². The molecule has 2 aliphatic heterocycles. The summed E-state index contributed by atoms with van der Waals surface area (Å²) >= 11 is 0. The zero-order valence-electron chi connectivity index (χ0n) is 24.9. The Morgan fingerprint density at radius 1 is 0.435 bits per heavy atom. The molecule has 0 atom stereocenters. The van der Waals surface area contributed by atoms with Crippen LogP contribution < -0.4 is 20.3 Å². The Labute approximate surface area is 267 Å². The van der Waals surface area contributed by atoms with Gasteiger partial charge in [-0.1, -0.05) is 109 Å². The van der Waals surface area contributed by atoms with Gasteiger partial charge in [-0.25, -0.2) is 0 Å². The summed E-state index contributed by atoms with van der Waals surface area (Å²) in [7, 11) is 0. The van der Waals surface area contributed by atoms with Crippen molar-refractivity contribution in [2.45, 2.75) is 0 Å². The lowest BCUT2D eigenvalue weighted by atomic mass is 9.50. The van der Waals surface area contributed by atoms with Crippen LogP contribution in [0.1, 0.15) is 0 Å². The predicted octanol–water partition coefficient (Wildman–Crippen LogP) is 9.39. The molecule has 214 valence electrons. The van der Waals surface area contributed by atoms with Crippen LogP contribution in [0.3, 0.4) is 0 Å². The molecular formula is C42H26BNO2. The van der Waals surface area contributed by atoms with Crippen LogP contribution in [0.2, 0.25) is 0 Å². The van der Waals surface area contributed by atoms with Crippen LogP contribution >= 0.6 is 0 Å². The van der Waals surface area contributed by atoms with E-state index in [9.17, 15) is 0 Å². The Bertz CT molecular complexity index is 2440. The number of ether oxygens (including phenoxy) is 1. The van der Waals surface area contributed by atoms with Gasteiger partial charge in [0.05, 0.1) is 11.0 Å². The van der Waals surface area contributed by atoms with Gasteiger partial charge in [-0.3, -0.25) is 0 Å². The average molecular weight is 587 g/mol. The molecule has 0 amide bonds. The Morgan fingerprint density at radius 3 is 1.93 bits per heavy atom. The first-order chi connectivity index (χ1) is 22.8. The molecule has 1 aromatic heterocycles. The van der Waals surface area contributed by atoms with E-state index in [0.717, 1.165) is 61.7 Å². The molecule has 0 bridgehead atoms. The third kappa shape index (κ3) is 3.74. The molecule has 46 heavy (non-hydrogen) atoms. The molecule has 0 saturated heterocycles. The molecule has 0 unspecified atom stereocenters. The van der Waals surface area contributed by atoms with Crippen LogP contribution in [0, 0.1) is 0 Å². The Hall–Kier alpha value is -6.00. The summed E-state index contributed by atoms with van der Waals surface area (Å²) < 4.78 is 15.8. The summed E-state index contributed by atoms with van der Waals surface area (Å²) in [5, 5.41) is 2.51. The van der Waals surface area contributed by atoms with E-state index < -0.39 is 0 Å². The number of aromatic nitrogens is 1. The van der Waals surface area contributed by atoms with E-state index in [1.807, 2.05) is 18.2 Å². The maximum Gasteiger partial charge on any atom is 0.434 e. The second-order valence-corrected chi connectivity index (χ2v) is 12.1. The molecule has 0 radical (unpaired) electrons. The minimum atomic E-state index is -0.244. The van der Waals surface area contributed by atoms with Gasteiger partial charge in [-0.2, -0.15) is 0 Å². The van der Waals surface area contributed by atoms with E-state index >= 15 is 0 Å². The van der Waals surface area contributed by atoms with Gasteiger partial charge < -0.3 is 14.0 Å². The molecule has 7 aromatic carbocycles. The van der Waals surface area contributed by atoms with E-state index in [4.69, 9.17) is 9.39 Å². The second-order valence-electron chi connectivity index (χ2n) is 12.1. The number of para-hydroxylation sites is 3. The van der Waals surface area contributed by atoms with E-state index in [0.29, 0.717) is 0 Å². The summed E-state index contributed by atoms with van der Waals surface area (Å²) in [4.78, 5) is 0. The highest BCUT2D eigenvalue weighted by Crippen LogP contribution is 2.43. The van der Waals surface area contributed by atoms with Crippen molar-refractivity contribution in [2.24, 2.45) is 0 Å². The summed E-state index contributed by atoms with van der Waals surface area (Å²) in [6.07, 6.45) is 0. The summed E-state index contributed by atoms with van der Waals surface area (Å²) in [5.74, 6) is 2.57. The van der Waals surface area contributed by atoms with E-state index in [2.05, 4.69) is 144 Å². The second kappa shape index (κ2) is 9.75. The maximum atomic E-state index is 6.84. The Kier molecular flexibility index (Phi) is 5.37. The molecule has 10 rings (SSSR count). The van der Waals surface area contributed by atoms with Crippen molar-refractivity contribution in [1.82, 2.24) is 4.57 Å². The molecule has 0 spiro atoms. The Balaban J connectivity index is 1.17. The van der Waals surface area contributed by atoms with Gasteiger partial charge in [0.15, 0.2) is 0 Å². The molecule has 0 saturated carbocycles. The molecule has 0 aliphatic carbocycles.